The van der Waals surface area contributed by atoms with E-state index in [4.69, 9.17) is 4.74 Å². The number of aliphatic hydroxyl groups excluding tert-OH is 1. The first-order chi connectivity index (χ1) is 14.3. The number of H-pyrrole nitrogens is 1. The monoisotopic (exact) mass is 438 g/mol. The van der Waals surface area contributed by atoms with E-state index in [2.05, 4.69) is 15.3 Å². The second kappa shape index (κ2) is 10.7. The van der Waals surface area contributed by atoms with Gasteiger partial charge in [-0.3, -0.25) is 4.79 Å². The molecule has 0 bridgehead atoms. The van der Waals surface area contributed by atoms with Crippen LogP contribution in [-0.4, -0.2) is 67.7 Å². The summed E-state index contributed by atoms with van der Waals surface area (Å²) in [5.41, 5.74) is 1.16. The van der Waals surface area contributed by atoms with Crippen LogP contribution in [0.3, 0.4) is 0 Å². The van der Waals surface area contributed by atoms with Crippen LogP contribution in [0.5, 0.6) is 5.75 Å². The number of rotatable bonds is 11. The minimum atomic E-state index is -3.87. The minimum absolute atomic E-state index is 0.0217. The first kappa shape index (κ1) is 24.0. The summed E-state index contributed by atoms with van der Waals surface area (Å²) in [7, 11) is -2.15. The molecule has 0 saturated heterocycles. The third kappa shape index (κ3) is 5.45. The molecule has 9 nitrogen and oxygen atoms in total. The molecule has 0 amide bonds. The SMILES string of the molecule is CCCOc1ccc(S(=O)(=O)N(CCO)CCNC)cc1-c1nc(C)c(C)c(=O)[nH]1. The van der Waals surface area contributed by atoms with E-state index in [1.54, 1.807) is 27.0 Å². The van der Waals surface area contributed by atoms with Gasteiger partial charge in [0.15, 0.2) is 0 Å². The van der Waals surface area contributed by atoms with Gasteiger partial charge in [0.1, 0.15) is 11.6 Å². The molecular weight excluding hydrogens is 408 g/mol. The molecular formula is C20H30N4O5S. The topological polar surface area (TPSA) is 125 Å². The van der Waals surface area contributed by atoms with Crippen molar-refractivity contribution in [1.29, 1.82) is 0 Å². The number of aromatic amines is 1. The van der Waals surface area contributed by atoms with Crippen molar-refractivity contribution >= 4 is 10.0 Å². The van der Waals surface area contributed by atoms with E-state index in [1.165, 1.54) is 16.4 Å². The van der Waals surface area contributed by atoms with Crippen LogP contribution in [0.4, 0.5) is 0 Å². The highest BCUT2D eigenvalue weighted by molar-refractivity contribution is 7.89. The zero-order valence-electron chi connectivity index (χ0n) is 17.9. The lowest BCUT2D eigenvalue weighted by atomic mass is 10.1. The number of hydrogen-bond acceptors (Lipinski definition) is 7. The lowest BCUT2D eigenvalue weighted by molar-refractivity contribution is 0.254. The number of aryl methyl sites for hydroxylation is 1. The number of likely N-dealkylation sites (N-methyl/N-ethyl adjacent to an activating group) is 1. The molecule has 0 aliphatic heterocycles. The molecule has 2 aromatic rings. The first-order valence-corrected chi connectivity index (χ1v) is 11.3. The number of benzene rings is 1. The van der Waals surface area contributed by atoms with E-state index in [9.17, 15) is 18.3 Å². The number of aromatic nitrogens is 2. The van der Waals surface area contributed by atoms with Crippen LogP contribution in [0.25, 0.3) is 11.4 Å². The summed E-state index contributed by atoms with van der Waals surface area (Å²) in [5.74, 6) is 0.682. The predicted octanol–water partition coefficient (Wildman–Crippen LogP) is 1.04. The summed E-state index contributed by atoms with van der Waals surface area (Å²) in [6, 6.07) is 4.49. The fourth-order valence-corrected chi connectivity index (χ4v) is 4.27. The minimum Gasteiger partial charge on any atom is -0.493 e. The van der Waals surface area contributed by atoms with Crippen LogP contribution < -0.4 is 15.6 Å². The summed E-state index contributed by atoms with van der Waals surface area (Å²) in [5, 5.41) is 12.2. The van der Waals surface area contributed by atoms with E-state index < -0.39 is 10.0 Å². The van der Waals surface area contributed by atoms with Crippen molar-refractivity contribution < 1.29 is 18.3 Å². The molecule has 0 unspecified atom stereocenters. The Morgan fingerprint density at radius 3 is 2.60 bits per heavy atom. The van der Waals surface area contributed by atoms with Crippen molar-refractivity contribution in [3.8, 4) is 17.1 Å². The van der Waals surface area contributed by atoms with Crippen LogP contribution in [0.15, 0.2) is 27.9 Å². The van der Waals surface area contributed by atoms with Crippen LogP contribution in [0.1, 0.15) is 24.6 Å². The zero-order chi connectivity index (χ0) is 22.3. The predicted molar refractivity (Wildman–Crippen MR) is 115 cm³/mol. The third-order valence-corrected chi connectivity index (χ3v) is 6.56. The highest BCUT2D eigenvalue weighted by Crippen LogP contribution is 2.31. The van der Waals surface area contributed by atoms with Crippen LogP contribution in [0.2, 0.25) is 0 Å². The Kier molecular flexibility index (Phi) is 8.54. The van der Waals surface area contributed by atoms with E-state index in [1.807, 2.05) is 6.92 Å². The Labute approximate surface area is 177 Å². The second-order valence-corrected chi connectivity index (χ2v) is 8.80. The van der Waals surface area contributed by atoms with Gasteiger partial charge in [-0.25, -0.2) is 13.4 Å². The van der Waals surface area contributed by atoms with Crippen molar-refractivity contribution in [3.63, 3.8) is 0 Å². The number of ether oxygens (including phenoxy) is 1. The average molecular weight is 439 g/mol. The number of nitrogens with zero attached hydrogens (tertiary/aromatic N) is 2. The van der Waals surface area contributed by atoms with Crippen molar-refractivity contribution in [1.82, 2.24) is 19.6 Å². The summed E-state index contributed by atoms with van der Waals surface area (Å²) >= 11 is 0. The second-order valence-electron chi connectivity index (χ2n) is 6.86. The average Bonchev–Trinajstić information content (AvgIpc) is 2.72. The first-order valence-electron chi connectivity index (χ1n) is 9.86. The summed E-state index contributed by atoms with van der Waals surface area (Å²) < 4.78 is 33.3. The van der Waals surface area contributed by atoms with Crippen molar-refractivity contribution in [3.05, 3.63) is 39.8 Å². The summed E-state index contributed by atoms with van der Waals surface area (Å²) in [4.78, 5) is 19.4. The smallest absolute Gasteiger partial charge is 0.254 e. The molecule has 0 aliphatic rings. The van der Waals surface area contributed by atoms with Gasteiger partial charge in [-0.15, -0.1) is 0 Å². The number of hydrogen-bond donors (Lipinski definition) is 3. The highest BCUT2D eigenvalue weighted by atomic mass is 32.2. The Balaban J connectivity index is 2.61. The van der Waals surface area contributed by atoms with Gasteiger partial charge in [-0.1, -0.05) is 6.92 Å². The molecule has 1 aromatic carbocycles. The number of nitrogens with one attached hydrogen (secondary N) is 2. The van der Waals surface area contributed by atoms with E-state index in [0.29, 0.717) is 35.7 Å². The van der Waals surface area contributed by atoms with Gasteiger partial charge in [-0.2, -0.15) is 4.31 Å². The van der Waals surface area contributed by atoms with E-state index >= 15 is 0 Å². The molecule has 0 radical (unpaired) electrons. The van der Waals surface area contributed by atoms with Crippen molar-refractivity contribution in [2.45, 2.75) is 32.1 Å². The van der Waals surface area contributed by atoms with Gasteiger partial charge >= 0.3 is 0 Å². The molecule has 0 atom stereocenters. The highest BCUT2D eigenvalue weighted by Gasteiger charge is 2.25. The Morgan fingerprint density at radius 2 is 2.00 bits per heavy atom. The molecule has 1 heterocycles. The van der Waals surface area contributed by atoms with Crippen LogP contribution in [0, 0.1) is 13.8 Å². The van der Waals surface area contributed by atoms with Gasteiger partial charge in [0.05, 0.1) is 23.7 Å². The summed E-state index contributed by atoms with van der Waals surface area (Å²) in [6.07, 6.45) is 0.769. The van der Waals surface area contributed by atoms with Gasteiger partial charge in [0, 0.05) is 30.9 Å². The zero-order valence-corrected chi connectivity index (χ0v) is 18.7. The molecule has 0 aliphatic carbocycles. The quantitative estimate of drug-likeness (QED) is 0.479. The Morgan fingerprint density at radius 1 is 1.27 bits per heavy atom. The molecule has 0 spiro atoms. The van der Waals surface area contributed by atoms with Crippen LogP contribution in [-0.2, 0) is 10.0 Å². The third-order valence-electron chi connectivity index (χ3n) is 4.66. The molecule has 166 valence electrons. The van der Waals surface area contributed by atoms with Gasteiger partial charge in [-0.05, 0) is 45.5 Å². The lowest BCUT2D eigenvalue weighted by Gasteiger charge is -2.22. The molecule has 1 aromatic heterocycles. The van der Waals surface area contributed by atoms with Gasteiger partial charge in [0.2, 0.25) is 10.0 Å². The molecule has 2 rings (SSSR count). The Bertz CT molecular complexity index is 1020. The molecule has 3 N–H and O–H groups in total. The van der Waals surface area contributed by atoms with Crippen molar-refractivity contribution in [2.75, 3.05) is 39.9 Å². The molecule has 30 heavy (non-hydrogen) atoms. The summed E-state index contributed by atoms with van der Waals surface area (Å²) in [6.45, 7) is 6.13. The normalized spacial score (nSPS) is 11.8. The lowest BCUT2D eigenvalue weighted by Crippen LogP contribution is -2.38. The maximum Gasteiger partial charge on any atom is 0.254 e. The molecule has 10 heteroatoms. The van der Waals surface area contributed by atoms with Crippen LogP contribution >= 0.6 is 0 Å². The fourth-order valence-electron chi connectivity index (χ4n) is 2.81. The fraction of sp³-hybridized carbons (Fsp3) is 0.500. The largest absolute Gasteiger partial charge is 0.493 e. The van der Waals surface area contributed by atoms with E-state index in [-0.39, 0.29) is 36.0 Å². The van der Waals surface area contributed by atoms with E-state index in [0.717, 1.165) is 6.42 Å². The maximum atomic E-state index is 13.2. The standard InChI is InChI=1S/C20H30N4O5S/c1-5-12-29-18-7-6-16(30(27,28)24(10-11-25)9-8-21-4)13-17(18)19-22-15(3)14(2)20(26)23-19/h6-7,13,21,25H,5,8-12H2,1-4H3,(H,22,23,26). The Hall–Kier alpha value is -2.27. The van der Waals surface area contributed by atoms with Gasteiger partial charge in [0.25, 0.3) is 5.56 Å². The molecule has 0 saturated carbocycles. The number of sulfonamides is 1. The maximum absolute atomic E-state index is 13.2. The van der Waals surface area contributed by atoms with Gasteiger partial charge < -0.3 is 20.1 Å². The van der Waals surface area contributed by atoms with Crippen molar-refractivity contribution in [2.24, 2.45) is 0 Å². The molecule has 0 fully saturated rings. The number of aliphatic hydroxyl groups is 1.